The monoisotopic (exact) mass is 311 g/mol. The van der Waals surface area contributed by atoms with Crippen LogP contribution in [0.3, 0.4) is 0 Å². The Morgan fingerprint density at radius 2 is 2.09 bits per heavy atom. The lowest BCUT2D eigenvalue weighted by molar-refractivity contribution is 0.326. The van der Waals surface area contributed by atoms with Crippen molar-refractivity contribution in [3.8, 4) is 0 Å². The number of H-pyrrole nitrogens is 1. The Bertz CT molecular complexity index is 763. The van der Waals surface area contributed by atoms with Gasteiger partial charge >= 0.3 is 0 Å². The third-order valence-corrected chi connectivity index (χ3v) is 4.60. The number of halogens is 1. The van der Waals surface area contributed by atoms with Gasteiger partial charge in [-0.15, -0.1) is 0 Å². The number of hydrogen-bond acceptors (Lipinski definition) is 2. The number of aromatic nitrogens is 2. The van der Waals surface area contributed by atoms with Crippen LogP contribution >= 0.6 is 11.6 Å². The zero-order valence-corrected chi connectivity index (χ0v) is 13.1. The van der Waals surface area contributed by atoms with E-state index in [1.54, 1.807) is 0 Å². The second kappa shape index (κ2) is 5.75. The molecule has 112 valence electrons. The van der Waals surface area contributed by atoms with E-state index in [1.807, 2.05) is 24.3 Å². The number of imidazole rings is 1. The van der Waals surface area contributed by atoms with Crippen molar-refractivity contribution < 1.29 is 0 Å². The second-order valence-corrected chi connectivity index (χ2v) is 6.43. The molecule has 1 saturated heterocycles. The highest BCUT2D eigenvalue weighted by Gasteiger charge is 2.26. The Kier molecular flexibility index (Phi) is 3.60. The molecule has 1 aromatic heterocycles. The molecule has 4 heteroatoms. The van der Waals surface area contributed by atoms with Gasteiger partial charge in [0.05, 0.1) is 11.0 Å². The molecule has 1 N–H and O–H groups in total. The van der Waals surface area contributed by atoms with Crippen molar-refractivity contribution in [1.82, 2.24) is 14.9 Å². The molecule has 1 aliphatic heterocycles. The van der Waals surface area contributed by atoms with E-state index in [-0.39, 0.29) is 0 Å². The lowest BCUT2D eigenvalue weighted by atomic mass is 10.1. The van der Waals surface area contributed by atoms with Crippen LogP contribution < -0.4 is 0 Å². The highest BCUT2D eigenvalue weighted by Crippen LogP contribution is 2.28. The number of nitrogens with zero attached hydrogens (tertiary/aromatic N) is 2. The van der Waals surface area contributed by atoms with E-state index >= 15 is 0 Å². The molecular weight excluding hydrogens is 294 g/mol. The van der Waals surface area contributed by atoms with Gasteiger partial charge in [0.2, 0.25) is 0 Å². The fourth-order valence-electron chi connectivity index (χ4n) is 3.26. The summed E-state index contributed by atoms with van der Waals surface area (Å²) in [5, 5.41) is 0.811. The van der Waals surface area contributed by atoms with Crippen LogP contribution in [0.5, 0.6) is 0 Å². The molecule has 22 heavy (non-hydrogen) atoms. The molecule has 1 atom stereocenters. The molecule has 3 aromatic rings. The lowest BCUT2D eigenvalue weighted by Crippen LogP contribution is -2.19. The molecule has 0 spiro atoms. The van der Waals surface area contributed by atoms with Crippen molar-refractivity contribution >= 4 is 22.6 Å². The van der Waals surface area contributed by atoms with Gasteiger partial charge in [0, 0.05) is 24.0 Å². The highest BCUT2D eigenvalue weighted by molar-refractivity contribution is 6.30. The molecule has 0 saturated carbocycles. The standard InChI is InChI=1S/C18H18ClN3/c19-15-5-3-4-13(10-15)11-22-9-8-14(12-22)18-20-16-6-1-2-7-17(16)21-18/h1-7,10,14H,8-9,11-12H2,(H,20,21)/t14-/m0/s1. The Morgan fingerprint density at radius 3 is 2.95 bits per heavy atom. The maximum atomic E-state index is 6.07. The maximum Gasteiger partial charge on any atom is 0.111 e. The Hall–Kier alpha value is -1.84. The number of rotatable bonds is 3. The van der Waals surface area contributed by atoms with Crippen molar-refractivity contribution in [3.63, 3.8) is 0 Å². The predicted octanol–water partition coefficient (Wildman–Crippen LogP) is 4.21. The first-order valence-corrected chi connectivity index (χ1v) is 8.07. The first-order chi connectivity index (χ1) is 10.8. The summed E-state index contributed by atoms with van der Waals surface area (Å²) in [7, 11) is 0. The minimum atomic E-state index is 0.492. The first kappa shape index (κ1) is 13.8. The molecule has 1 aliphatic rings. The van der Waals surface area contributed by atoms with E-state index in [1.165, 1.54) is 5.56 Å². The van der Waals surface area contributed by atoms with Crippen LogP contribution in [0, 0.1) is 0 Å². The smallest absolute Gasteiger partial charge is 0.111 e. The summed E-state index contributed by atoms with van der Waals surface area (Å²) in [6.45, 7) is 3.11. The van der Waals surface area contributed by atoms with Gasteiger partial charge in [-0.05, 0) is 42.8 Å². The predicted molar refractivity (Wildman–Crippen MR) is 90.2 cm³/mol. The van der Waals surface area contributed by atoms with E-state index < -0.39 is 0 Å². The number of fused-ring (bicyclic) bond motifs is 1. The van der Waals surface area contributed by atoms with Gasteiger partial charge < -0.3 is 4.98 Å². The molecular formula is C18H18ClN3. The van der Waals surface area contributed by atoms with Crippen LogP contribution in [-0.2, 0) is 6.54 Å². The molecule has 0 bridgehead atoms. The molecule has 2 aromatic carbocycles. The lowest BCUT2D eigenvalue weighted by Gasteiger charge is -2.15. The second-order valence-electron chi connectivity index (χ2n) is 5.99. The minimum Gasteiger partial charge on any atom is -0.342 e. The van der Waals surface area contributed by atoms with E-state index in [0.29, 0.717) is 5.92 Å². The number of likely N-dealkylation sites (tertiary alicyclic amines) is 1. The van der Waals surface area contributed by atoms with Gasteiger partial charge in [-0.25, -0.2) is 4.98 Å². The van der Waals surface area contributed by atoms with E-state index in [9.17, 15) is 0 Å². The number of nitrogens with one attached hydrogen (secondary N) is 1. The summed E-state index contributed by atoms with van der Waals surface area (Å²) < 4.78 is 0. The third kappa shape index (κ3) is 2.74. The largest absolute Gasteiger partial charge is 0.342 e. The quantitative estimate of drug-likeness (QED) is 0.786. The summed E-state index contributed by atoms with van der Waals surface area (Å²) in [5.41, 5.74) is 3.47. The Morgan fingerprint density at radius 1 is 1.18 bits per heavy atom. The molecule has 1 fully saturated rings. The van der Waals surface area contributed by atoms with E-state index in [2.05, 4.69) is 34.1 Å². The van der Waals surface area contributed by atoms with Crippen LogP contribution in [0.4, 0.5) is 0 Å². The summed E-state index contributed by atoms with van der Waals surface area (Å²) in [6.07, 6.45) is 1.15. The molecule has 4 rings (SSSR count). The van der Waals surface area contributed by atoms with Crippen LogP contribution in [0.2, 0.25) is 5.02 Å². The zero-order chi connectivity index (χ0) is 14.9. The maximum absolute atomic E-state index is 6.07. The van der Waals surface area contributed by atoms with Crippen LogP contribution in [0.15, 0.2) is 48.5 Å². The fraction of sp³-hybridized carbons (Fsp3) is 0.278. The third-order valence-electron chi connectivity index (χ3n) is 4.36. The summed E-state index contributed by atoms with van der Waals surface area (Å²) >= 11 is 6.07. The molecule has 0 aliphatic carbocycles. The Balaban J connectivity index is 1.47. The molecule has 3 nitrogen and oxygen atoms in total. The molecule has 2 heterocycles. The summed E-state index contributed by atoms with van der Waals surface area (Å²) in [6, 6.07) is 16.4. The first-order valence-electron chi connectivity index (χ1n) is 7.69. The summed E-state index contributed by atoms with van der Waals surface area (Å²) in [5.74, 6) is 1.61. The zero-order valence-electron chi connectivity index (χ0n) is 12.3. The molecule has 0 unspecified atom stereocenters. The van der Waals surface area contributed by atoms with Gasteiger partial charge in [-0.3, -0.25) is 4.90 Å². The van der Waals surface area contributed by atoms with Gasteiger partial charge in [0.25, 0.3) is 0 Å². The molecule has 0 radical (unpaired) electrons. The van der Waals surface area contributed by atoms with Crippen molar-refractivity contribution in [2.45, 2.75) is 18.9 Å². The molecule has 0 amide bonds. The average molecular weight is 312 g/mol. The van der Waals surface area contributed by atoms with Crippen LogP contribution in [-0.4, -0.2) is 28.0 Å². The number of aromatic amines is 1. The average Bonchev–Trinajstić information content (AvgIpc) is 3.13. The number of para-hydroxylation sites is 2. The van der Waals surface area contributed by atoms with Gasteiger partial charge in [-0.1, -0.05) is 35.9 Å². The summed E-state index contributed by atoms with van der Waals surface area (Å²) in [4.78, 5) is 10.7. The number of benzene rings is 2. The van der Waals surface area contributed by atoms with E-state index in [0.717, 1.165) is 47.9 Å². The van der Waals surface area contributed by atoms with Crippen molar-refractivity contribution in [1.29, 1.82) is 0 Å². The minimum absolute atomic E-state index is 0.492. The topological polar surface area (TPSA) is 31.9 Å². The fourth-order valence-corrected chi connectivity index (χ4v) is 3.47. The number of hydrogen-bond donors (Lipinski definition) is 1. The van der Waals surface area contributed by atoms with Crippen LogP contribution in [0.1, 0.15) is 23.7 Å². The van der Waals surface area contributed by atoms with Crippen molar-refractivity contribution in [2.75, 3.05) is 13.1 Å². The van der Waals surface area contributed by atoms with Gasteiger partial charge in [-0.2, -0.15) is 0 Å². The van der Waals surface area contributed by atoms with Gasteiger partial charge in [0.15, 0.2) is 0 Å². The van der Waals surface area contributed by atoms with Crippen LogP contribution in [0.25, 0.3) is 11.0 Å². The normalized spacial score (nSPS) is 19.0. The Labute approximate surface area is 134 Å². The SMILES string of the molecule is Clc1cccc(CN2CC[C@H](c3nc4ccccc4[nH]3)C2)c1. The van der Waals surface area contributed by atoms with Crippen molar-refractivity contribution in [2.24, 2.45) is 0 Å². The van der Waals surface area contributed by atoms with Crippen molar-refractivity contribution in [3.05, 3.63) is 64.9 Å². The van der Waals surface area contributed by atoms with Gasteiger partial charge in [0.1, 0.15) is 5.82 Å². The highest BCUT2D eigenvalue weighted by atomic mass is 35.5. The van der Waals surface area contributed by atoms with E-state index in [4.69, 9.17) is 16.6 Å².